The van der Waals surface area contributed by atoms with Crippen molar-refractivity contribution in [2.24, 2.45) is 10.9 Å². The number of guanidine groups is 1. The summed E-state index contributed by atoms with van der Waals surface area (Å²) in [6, 6.07) is 4.30. The third-order valence-corrected chi connectivity index (χ3v) is 4.12. The predicted molar refractivity (Wildman–Crippen MR) is 98.5 cm³/mol. The van der Waals surface area contributed by atoms with Gasteiger partial charge in [-0.1, -0.05) is 13.0 Å². The van der Waals surface area contributed by atoms with Crippen molar-refractivity contribution in [3.63, 3.8) is 0 Å². The van der Waals surface area contributed by atoms with Crippen LogP contribution in [-0.2, 0) is 15.9 Å². The predicted octanol–water partition coefficient (Wildman–Crippen LogP) is 2.53. The van der Waals surface area contributed by atoms with Gasteiger partial charge in [-0.15, -0.1) is 11.3 Å². The molecule has 0 aliphatic heterocycles. The summed E-state index contributed by atoms with van der Waals surface area (Å²) >= 11 is 1.82. The second kappa shape index (κ2) is 13.3. The molecule has 1 aromatic heterocycles. The molecule has 0 spiro atoms. The van der Waals surface area contributed by atoms with Crippen LogP contribution in [0.25, 0.3) is 0 Å². The molecule has 1 atom stereocenters. The Kier molecular flexibility index (Phi) is 11.6. The molecule has 2 N–H and O–H groups in total. The Morgan fingerprint density at radius 3 is 2.87 bits per heavy atom. The molecule has 0 amide bonds. The van der Waals surface area contributed by atoms with E-state index in [-0.39, 0.29) is 0 Å². The maximum absolute atomic E-state index is 5.45. The van der Waals surface area contributed by atoms with Crippen LogP contribution < -0.4 is 10.6 Å². The van der Waals surface area contributed by atoms with E-state index >= 15 is 0 Å². The standard InChI is InChI=1S/C17H31N3O2S/c1-4-18-17(19-8-6-9-22-11-10-21-3)20-14-15(2)13-16-7-5-12-23-16/h5,7,12,15H,4,6,8-11,13-14H2,1-3H3,(H2,18,19,20). The molecule has 0 fully saturated rings. The lowest BCUT2D eigenvalue weighted by Gasteiger charge is -2.13. The molecule has 1 unspecified atom stereocenters. The number of nitrogens with one attached hydrogen (secondary N) is 2. The van der Waals surface area contributed by atoms with Gasteiger partial charge in [-0.05, 0) is 37.1 Å². The normalized spacial score (nSPS) is 13.1. The van der Waals surface area contributed by atoms with E-state index in [0.717, 1.165) is 45.0 Å². The highest BCUT2D eigenvalue weighted by molar-refractivity contribution is 7.09. The fourth-order valence-corrected chi connectivity index (χ4v) is 2.92. The van der Waals surface area contributed by atoms with Gasteiger partial charge in [0.2, 0.25) is 0 Å². The minimum atomic E-state index is 0.543. The van der Waals surface area contributed by atoms with Gasteiger partial charge in [0, 0.05) is 38.2 Å². The second-order valence-electron chi connectivity index (χ2n) is 5.49. The molecule has 0 radical (unpaired) electrons. The summed E-state index contributed by atoms with van der Waals surface area (Å²) in [7, 11) is 1.68. The van der Waals surface area contributed by atoms with Crippen LogP contribution in [0.3, 0.4) is 0 Å². The molecule has 1 rings (SSSR count). The molecule has 1 aromatic rings. The zero-order valence-corrected chi connectivity index (χ0v) is 15.5. The molecule has 23 heavy (non-hydrogen) atoms. The minimum absolute atomic E-state index is 0.543. The van der Waals surface area contributed by atoms with Gasteiger partial charge in [-0.3, -0.25) is 4.99 Å². The van der Waals surface area contributed by atoms with Crippen molar-refractivity contribution in [1.29, 1.82) is 0 Å². The van der Waals surface area contributed by atoms with Gasteiger partial charge in [0.05, 0.1) is 13.2 Å². The zero-order valence-electron chi connectivity index (χ0n) is 14.6. The van der Waals surface area contributed by atoms with E-state index in [1.807, 2.05) is 11.3 Å². The fourth-order valence-electron chi connectivity index (χ4n) is 2.05. The molecule has 6 heteroatoms. The van der Waals surface area contributed by atoms with Crippen molar-refractivity contribution in [3.05, 3.63) is 22.4 Å². The summed E-state index contributed by atoms with van der Waals surface area (Å²) in [5.74, 6) is 1.43. The van der Waals surface area contributed by atoms with Crippen LogP contribution in [0.5, 0.6) is 0 Å². The first-order valence-corrected chi connectivity index (χ1v) is 9.25. The van der Waals surface area contributed by atoms with Gasteiger partial charge in [0.1, 0.15) is 0 Å². The van der Waals surface area contributed by atoms with Gasteiger partial charge >= 0.3 is 0 Å². The number of ether oxygens (including phenoxy) is 2. The lowest BCUT2D eigenvalue weighted by Crippen LogP contribution is -2.38. The Hall–Kier alpha value is -1.11. The van der Waals surface area contributed by atoms with Crippen LogP contribution in [0.15, 0.2) is 22.5 Å². The Morgan fingerprint density at radius 1 is 1.30 bits per heavy atom. The lowest BCUT2D eigenvalue weighted by molar-refractivity contribution is 0.0698. The molecule has 0 aromatic carbocycles. The third kappa shape index (κ3) is 10.3. The summed E-state index contributed by atoms with van der Waals surface area (Å²) in [6.07, 6.45) is 2.05. The highest BCUT2D eigenvalue weighted by atomic mass is 32.1. The highest BCUT2D eigenvalue weighted by Gasteiger charge is 2.05. The number of hydrogen-bond donors (Lipinski definition) is 2. The number of rotatable bonds is 12. The average Bonchev–Trinajstić information content (AvgIpc) is 3.04. The van der Waals surface area contributed by atoms with E-state index < -0.39 is 0 Å². The van der Waals surface area contributed by atoms with Crippen LogP contribution in [0.4, 0.5) is 0 Å². The van der Waals surface area contributed by atoms with Crippen molar-refractivity contribution in [1.82, 2.24) is 10.6 Å². The number of methoxy groups -OCH3 is 1. The van der Waals surface area contributed by atoms with E-state index in [1.165, 1.54) is 4.88 Å². The topological polar surface area (TPSA) is 54.9 Å². The van der Waals surface area contributed by atoms with Gasteiger partial charge in [-0.25, -0.2) is 0 Å². The molecule has 0 aliphatic carbocycles. The van der Waals surface area contributed by atoms with E-state index in [9.17, 15) is 0 Å². The number of aliphatic imine (C=N–C) groups is 1. The van der Waals surface area contributed by atoms with E-state index in [2.05, 4.69) is 47.0 Å². The first-order chi connectivity index (χ1) is 11.3. The largest absolute Gasteiger partial charge is 0.382 e. The van der Waals surface area contributed by atoms with Gasteiger partial charge in [0.25, 0.3) is 0 Å². The highest BCUT2D eigenvalue weighted by Crippen LogP contribution is 2.14. The molecule has 5 nitrogen and oxygen atoms in total. The summed E-state index contributed by atoms with van der Waals surface area (Å²) in [4.78, 5) is 6.11. The Balaban J connectivity index is 2.21. The maximum atomic E-state index is 5.45. The summed E-state index contributed by atoms with van der Waals surface area (Å²) in [6.45, 7) is 8.94. The fraction of sp³-hybridized carbons (Fsp3) is 0.706. The van der Waals surface area contributed by atoms with Crippen LogP contribution in [0.1, 0.15) is 25.1 Å². The van der Waals surface area contributed by atoms with Crippen molar-refractivity contribution in [2.75, 3.05) is 46.6 Å². The van der Waals surface area contributed by atoms with Gasteiger partial charge in [0.15, 0.2) is 5.96 Å². The van der Waals surface area contributed by atoms with E-state index in [4.69, 9.17) is 9.47 Å². The van der Waals surface area contributed by atoms with E-state index in [1.54, 1.807) is 7.11 Å². The molecular weight excluding hydrogens is 310 g/mol. The second-order valence-corrected chi connectivity index (χ2v) is 6.53. The van der Waals surface area contributed by atoms with E-state index in [0.29, 0.717) is 19.1 Å². The van der Waals surface area contributed by atoms with Gasteiger partial charge in [-0.2, -0.15) is 0 Å². The lowest BCUT2D eigenvalue weighted by atomic mass is 10.1. The molecule has 0 saturated heterocycles. The monoisotopic (exact) mass is 341 g/mol. The molecule has 0 saturated carbocycles. The van der Waals surface area contributed by atoms with Crippen LogP contribution in [0.2, 0.25) is 0 Å². The van der Waals surface area contributed by atoms with Gasteiger partial charge < -0.3 is 20.1 Å². The molecular formula is C17H31N3O2S. The van der Waals surface area contributed by atoms with Crippen LogP contribution in [-0.4, -0.2) is 52.5 Å². The van der Waals surface area contributed by atoms with Crippen molar-refractivity contribution in [2.45, 2.75) is 26.7 Å². The summed E-state index contributed by atoms with van der Waals surface area (Å²) < 4.78 is 10.4. The SMILES string of the molecule is CCNC(=NCC(C)Cc1cccs1)NCCCOCCOC. The third-order valence-electron chi connectivity index (χ3n) is 3.22. The van der Waals surface area contributed by atoms with Crippen molar-refractivity contribution >= 4 is 17.3 Å². The first-order valence-electron chi connectivity index (χ1n) is 8.37. The van der Waals surface area contributed by atoms with Crippen LogP contribution >= 0.6 is 11.3 Å². The minimum Gasteiger partial charge on any atom is -0.382 e. The average molecular weight is 342 g/mol. The molecule has 0 bridgehead atoms. The maximum Gasteiger partial charge on any atom is 0.191 e. The Labute approximate surface area is 144 Å². The molecule has 132 valence electrons. The smallest absolute Gasteiger partial charge is 0.191 e. The number of hydrogen-bond acceptors (Lipinski definition) is 4. The first kappa shape index (κ1) is 19.9. The van der Waals surface area contributed by atoms with Crippen molar-refractivity contribution < 1.29 is 9.47 Å². The Morgan fingerprint density at radius 2 is 2.17 bits per heavy atom. The molecule has 0 aliphatic rings. The zero-order chi connectivity index (χ0) is 16.8. The summed E-state index contributed by atoms with van der Waals surface area (Å²) in [5, 5.41) is 8.78. The van der Waals surface area contributed by atoms with Crippen LogP contribution in [0, 0.1) is 5.92 Å². The number of nitrogens with zero attached hydrogens (tertiary/aromatic N) is 1. The Bertz CT molecular complexity index is 410. The molecule has 1 heterocycles. The summed E-state index contributed by atoms with van der Waals surface area (Å²) in [5.41, 5.74) is 0. The van der Waals surface area contributed by atoms with Crippen molar-refractivity contribution in [3.8, 4) is 0 Å². The number of thiophene rings is 1. The quantitative estimate of drug-likeness (QED) is 0.348.